The van der Waals surface area contributed by atoms with Crippen LogP contribution >= 0.6 is 0 Å². The van der Waals surface area contributed by atoms with Crippen LogP contribution in [0.3, 0.4) is 0 Å². The van der Waals surface area contributed by atoms with Gasteiger partial charge in [0.1, 0.15) is 11.5 Å². The van der Waals surface area contributed by atoms with Gasteiger partial charge in [0.05, 0.1) is 12.1 Å². The van der Waals surface area contributed by atoms with Gasteiger partial charge >= 0.3 is 5.97 Å². The van der Waals surface area contributed by atoms with Crippen molar-refractivity contribution in [3.63, 3.8) is 0 Å². The lowest BCUT2D eigenvalue weighted by Crippen LogP contribution is -2.03. The number of hydrogen-bond acceptors (Lipinski definition) is 3. The fourth-order valence-electron chi connectivity index (χ4n) is 1.83. The fourth-order valence-corrected chi connectivity index (χ4v) is 1.83. The number of hydrogen-bond donors (Lipinski definition) is 1. The summed E-state index contributed by atoms with van der Waals surface area (Å²) >= 11 is 0. The Morgan fingerprint density at radius 2 is 2.22 bits per heavy atom. The topological polar surface area (TPSA) is 68.0 Å². The van der Waals surface area contributed by atoms with Crippen LogP contribution in [0.25, 0.3) is 11.4 Å². The predicted octanol–water partition coefficient (Wildman–Crippen LogP) is 1.81. The number of nitrogens with zero attached hydrogens (tertiary/aromatic N) is 3. The van der Waals surface area contributed by atoms with Crippen molar-refractivity contribution in [1.29, 1.82) is 0 Å². The van der Waals surface area contributed by atoms with E-state index in [0.717, 1.165) is 22.9 Å². The third kappa shape index (κ3) is 2.40. The first-order valence-electron chi connectivity index (χ1n) is 5.75. The molecule has 0 spiro atoms. The van der Waals surface area contributed by atoms with Gasteiger partial charge in [-0.25, -0.2) is 4.98 Å². The number of imidazole rings is 1. The van der Waals surface area contributed by atoms with Gasteiger partial charge < -0.3 is 9.67 Å². The van der Waals surface area contributed by atoms with Gasteiger partial charge in [0.15, 0.2) is 0 Å². The van der Waals surface area contributed by atoms with E-state index in [0.29, 0.717) is 6.42 Å². The summed E-state index contributed by atoms with van der Waals surface area (Å²) in [5.74, 6) is -0.0365. The quantitative estimate of drug-likeness (QED) is 0.892. The first-order valence-corrected chi connectivity index (χ1v) is 5.75. The fraction of sp³-hybridized carbons (Fsp3) is 0.308. The van der Waals surface area contributed by atoms with Crippen molar-refractivity contribution in [3.05, 3.63) is 35.9 Å². The van der Waals surface area contributed by atoms with Crippen molar-refractivity contribution >= 4 is 5.97 Å². The average molecular weight is 245 g/mol. The summed E-state index contributed by atoms with van der Waals surface area (Å²) in [5, 5.41) is 8.71. The van der Waals surface area contributed by atoms with Crippen molar-refractivity contribution in [3.8, 4) is 11.4 Å². The molecule has 1 N–H and O–H groups in total. The normalized spacial score (nSPS) is 10.6. The molecule has 0 aromatic carbocycles. The second-order valence-corrected chi connectivity index (χ2v) is 4.13. The third-order valence-corrected chi connectivity index (χ3v) is 2.94. The maximum absolute atomic E-state index is 10.6. The first kappa shape index (κ1) is 12.3. The molecule has 0 radical (unpaired) electrons. The minimum absolute atomic E-state index is 0.0892. The number of carbonyl (C=O) groups is 1. The molecule has 0 aliphatic heterocycles. The van der Waals surface area contributed by atoms with Crippen molar-refractivity contribution in [2.45, 2.75) is 19.8 Å². The highest BCUT2D eigenvalue weighted by Gasteiger charge is 2.14. The van der Waals surface area contributed by atoms with Gasteiger partial charge in [-0.05, 0) is 19.1 Å². The second kappa shape index (κ2) is 5.00. The minimum Gasteiger partial charge on any atom is -0.481 e. The van der Waals surface area contributed by atoms with Gasteiger partial charge in [0.2, 0.25) is 0 Å². The second-order valence-electron chi connectivity index (χ2n) is 4.13. The van der Waals surface area contributed by atoms with E-state index in [9.17, 15) is 4.79 Å². The van der Waals surface area contributed by atoms with Crippen molar-refractivity contribution in [2.75, 3.05) is 0 Å². The molecule has 0 fully saturated rings. The number of aryl methyl sites for hydroxylation is 1. The third-order valence-electron chi connectivity index (χ3n) is 2.94. The van der Waals surface area contributed by atoms with Gasteiger partial charge in [-0.1, -0.05) is 6.07 Å². The van der Waals surface area contributed by atoms with Gasteiger partial charge in [0.25, 0.3) is 0 Å². The first-order chi connectivity index (χ1) is 8.59. The van der Waals surface area contributed by atoms with Crippen LogP contribution in [0.1, 0.15) is 17.9 Å². The number of carboxylic acids is 1. The zero-order chi connectivity index (χ0) is 13.1. The highest BCUT2D eigenvalue weighted by Crippen LogP contribution is 2.21. The lowest BCUT2D eigenvalue weighted by molar-refractivity contribution is -0.137. The molecule has 0 unspecified atom stereocenters. The van der Waals surface area contributed by atoms with E-state index in [2.05, 4.69) is 9.97 Å². The zero-order valence-corrected chi connectivity index (χ0v) is 10.4. The number of pyridine rings is 1. The average Bonchev–Trinajstić information content (AvgIpc) is 2.65. The molecule has 2 aromatic rings. The Kier molecular flexibility index (Phi) is 3.41. The molecule has 2 aromatic heterocycles. The Morgan fingerprint density at radius 3 is 2.83 bits per heavy atom. The van der Waals surface area contributed by atoms with Gasteiger partial charge in [-0.3, -0.25) is 9.78 Å². The Bertz CT molecular complexity index is 561. The van der Waals surface area contributed by atoms with Crippen molar-refractivity contribution in [1.82, 2.24) is 14.5 Å². The SMILES string of the molecule is Cc1c(-c2ccccn2)nc(CCC(=O)O)n1C. The molecule has 0 amide bonds. The smallest absolute Gasteiger partial charge is 0.303 e. The summed E-state index contributed by atoms with van der Waals surface area (Å²) in [6.07, 6.45) is 2.24. The standard InChI is InChI=1S/C13H15N3O2/c1-9-13(10-5-3-4-8-14-10)15-11(16(9)2)6-7-12(17)18/h3-5,8H,6-7H2,1-2H3,(H,17,18). The van der Waals surface area contributed by atoms with Crippen LogP contribution in [0.15, 0.2) is 24.4 Å². The summed E-state index contributed by atoms with van der Waals surface area (Å²) in [6.45, 7) is 1.96. The van der Waals surface area contributed by atoms with Crippen LogP contribution in [0.2, 0.25) is 0 Å². The van der Waals surface area contributed by atoms with E-state index in [4.69, 9.17) is 5.11 Å². The Balaban J connectivity index is 2.33. The molecule has 0 atom stereocenters. The van der Waals surface area contributed by atoms with Crippen LogP contribution in [0, 0.1) is 6.92 Å². The van der Waals surface area contributed by atoms with E-state index in [-0.39, 0.29) is 6.42 Å². The Labute approximate surface area is 105 Å². The summed E-state index contributed by atoms with van der Waals surface area (Å²) in [7, 11) is 1.89. The monoisotopic (exact) mass is 245 g/mol. The van der Waals surface area contributed by atoms with Crippen LogP contribution in [0.4, 0.5) is 0 Å². The molecule has 94 valence electrons. The van der Waals surface area contributed by atoms with Crippen LogP contribution < -0.4 is 0 Å². The number of aliphatic carboxylic acids is 1. The van der Waals surface area contributed by atoms with E-state index >= 15 is 0 Å². The maximum Gasteiger partial charge on any atom is 0.303 e. The van der Waals surface area contributed by atoms with E-state index in [1.165, 1.54) is 0 Å². The molecule has 0 saturated carbocycles. The summed E-state index contributed by atoms with van der Waals surface area (Å²) in [6, 6.07) is 5.66. The molecule has 2 heterocycles. The summed E-state index contributed by atoms with van der Waals surface area (Å²) < 4.78 is 1.92. The van der Waals surface area contributed by atoms with Crippen LogP contribution in [0.5, 0.6) is 0 Å². The molecular formula is C13H15N3O2. The lowest BCUT2D eigenvalue weighted by atomic mass is 10.2. The predicted molar refractivity (Wildman–Crippen MR) is 67.1 cm³/mol. The molecule has 2 rings (SSSR count). The van der Waals surface area contributed by atoms with Crippen LogP contribution in [-0.4, -0.2) is 25.6 Å². The van der Waals surface area contributed by atoms with E-state index in [1.807, 2.05) is 36.7 Å². The number of aromatic nitrogens is 3. The Morgan fingerprint density at radius 1 is 1.44 bits per heavy atom. The summed E-state index contributed by atoms with van der Waals surface area (Å²) in [4.78, 5) is 19.4. The molecule has 0 saturated heterocycles. The van der Waals surface area contributed by atoms with E-state index < -0.39 is 5.97 Å². The largest absolute Gasteiger partial charge is 0.481 e. The Hall–Kier alpha value is -2.17. The van der Waals surface area contributed by atoms with Gasteiger partial charge in [-0.15, -0.1) is 0 Å². The molecule has 5 heteroatoms. The molecule has 18 heavy (non-hydrogen) atoms. The van der Waals surface area contributed by atoms with Crippen LogP contribution in [-0.2, 0) is 18.3 Å². The van der Waals surface area contributed by atoms with E-state index in [1.54, 1.807) is 6.20 Å². The molecule has 0 aliphatic rings. The molecule has 0 aliphatic carbocycles. The highest BCUT2D eigenvalue weighted by atomic mass is 16.4. The minimum atomic E-state index is -0.810. The maximum atomic E-state index is 10.6. The van der Waals surface area contributed by atoms with Crippen molar-refractivity contribution in [2.24, 2.45) is 7.05 Å². The van der Waals surface area contributed by atoms with Crippen molar-refractivity contribution < 1.29 is 9.90 Å². The summed E-state index contributed by atoms with van der Waals surface area (Å²) in [5.41, 5.74) is 2.62. The van der Waals surface area contributed by atoms with Gasteiger partial charge in [-0.2, -0.15) is 0 Å². The molecule has 0 bridgehead atoms. The molecule has 5 nitrogen and oxygen atoms in total. The zero-order valence-electron chi connectivity index (χ0n) is 10.4. The number of rotatable bonds is 4. The number of carboxylic acid groups (broad SMARTS) is 1. The highest BCUT2D eigenvalue weighted by molar-refractivity contribution is 5.67. The van der Waals surface area contributed by atoms with Gasteiger partial charge in [0, 0.05) is 25.4 Å². The molecular weight excluding hydrogens is 230 g/mol. The lowest BCUT2D eigenvalue weighted by Gasteiger charge is -2.01.